The molecule has 0 unspecified atom stereocenters. The third-order valence-electron chi connectivity index (χ3n) is 3.00. The van der Waals surface area contributed by atoms with E-state index in [9.17, 15) is 4.79 Å². The molecule has 0 aromatic heterocycles. The number of hydrogen-bond donors (Lipinski definition) is 0. The molecule has 0 aromatic rings. The van der Waals surface area contributed by atoms with Crippen molar-refractivity contribution in [2.45, 2.75) is 46.1 Å². The Labute approximate surface area is 99.8 Å². The Morgan fingerprint density at radius 1 is 1.38 bits per heavy atom. The van der Waals surface area contributed by atoms with Crippen LogP contribution in [0, 0.1) is 5.41 Å². The van der Waals surface area contributed by atoms with Gasteiger partial charge in [0.1, 0.15) is 0 Å². The number of amides is 1. The van der Waals surface area contributed by atoms with E-state index in [1.165, 1.54) is 12.8 Å². The van der Waals surface area contributed by atoms with E-state index in [4.69, 9.17) is 0 Å². The Morgan fingerprint density at radius 2 is 2.00 bits per heavy atom. The molecule has 1 atom stereocenters. The summed E-state index contributed by atoms with van der Waals surface area (Å²) < 4.78 is 0. The van der Waals surface area contributed by atoms with Crippen molar-refractivity contribution in [3.63, 3.8) is 0 Å². The third-order valence-corrected chi connectivity index (χ3v) is 3.00. The van der Waals surface area contributed by atoms with Gasteiger partial charge in [-0.2, -0.15) is 0 Å². The first-order valence-electron chi connectivity index (χ1n) is 6.24. The first kappa shape index (κ1) is 13.5. The van der Waals surface area contributed by atoms with Gasteiger partial charge in [-0.05, 0) is 38.8 Å². The molecule has 0 aromatic carbocycles. The van der Waals surface area contributed by atoms with Crippen LogP contribution in [-0.2, 0) is 4.79 Å². The number of nitrogens with zero attached hydrogens (tertiary/aromatic N) is 2. The van der Waals surface area contributed by atoms with Crippen LogP contribution in [0.4, 0.5) is 0 Å². The number of carbonyl (C=O) groups is 1. The standard InChI is InChI=1S/C13H26N2O/c1-13(2,3)9-11-7-6-8-15(11)12(16)10-14(4)5/h11H,6-10H2,1-5H3/t11-/m0/s1. The summed E-state index contributed by atoms with van der Waals surface area (Å²) in [6.45, 7) is 8.24. The SMILES string of the molecule is CN(C)CC(=O)N1CCC[C@H]1CC(C)(C)C. The summed E-state index contributed by atoms with van der Waals surface area (Å²) in [4.78, 5) is 16.1. The maximum Gasteiger partial charge on any atom is 0.236 e. The lowest BCUT2D eigenvalue weighted by Crippen LogP contribution is -2.42. The highest BCUT2D eigenvalue weighted by Gasteiger charge is 2.31. The van der Waals surface area contributed by atoms with Crippen molar-refractivity contribution in [2.24, 2.45) is 5.41 Å². The summed E-state index contributed by atoms with van der Waals surface area (Å²) in [5.41, 5.74) is 0.311. The van der Waals surface area contributed by atoms with Crippen molar-refractivity contribution >= 4 is 5.91 Å². The van der Waals surface area contributed by atoms with Crippen molar-refractivity contribution in [3.05, 3.63) is 0 Å². The topological polar surface area (TPSA) is 23.6 Å². The minimum atomic E-state index is 0.289. The molecule has 1 heterocycles. The second-order valence-corrected chi connectivity index (χ2v) is 6.39. The highest BCUT2D eigenvalue weighted by molar-refractivity contribution is 5.78. The average Bonchev–Trinajstić information content (AvgIpc) is 2.47. The molecule has 0 aliphatic carbocycles. The Morgan fingerprint density at radius 3 is 2.50 bits per heavy atom. The zero-order valence-electron chi connectivity index (χ0n) is 11.4. The van der Waals surface area contributed by atoms with Crippen LogP contribution in [0.2, 0.25) is 0 Å². The highest BCUT2D eigenvalue weighted by atomic mass is 16.2. The summed E-state index contributed by atoms with van der Waals surface area (Å²) in [7, 11) is 3.90. The number of likely N-dealkylation sites (N-methyl/N-ethyl adjacent to an activating group) is 1. The number of hydrogen-bond acceptors (Lipinski definition) is 2. The second-order valence-electron chi connectivity index (χ2n) is 6.39. The van der Waals surface area contributed by atoms with Crippen molar-refractivity contribution < 1.29 is 4.79 Å². The van der Waals surface area contributed by atoms with E-state index in [1.54, 1.807) is 0 Å². The Hall–Kier alpha value is -0.570. The maximum absolute atomic E-state index is 12.0. The predicted molar refractivity (Wildman–Crippen MR) is 67.4 cm³/mol. The quantitative estimate of drug-likeness (QED) is 0.734. The lowest BCUT2D eigenvalue weighted by Gasteiger charge is -2.31. The van der Waals surface area contributed by atoms with E-state index >= 15 is 0 Å². The molecule has 0 spiro atoms. The molecule has 1 saturated heterocycles. The van der Waals surface area contributed by atoms with Crippen LogP contribution in [0.25, 0.3) is 0 Å². The van der Waals surface area contributed by atoms with Crippen LogP contribution in [0.3, 0.4) is 0 Å². The van der Waals surface area contributed by atoms with Gasteiger partial charge in [-0.25, -0.2) is 0 Å². The van der Waals surface area contributed by atoms with Crippen LogP contribution in [-0.4, -0.2) is 48.9 Å². The van der Waals surface area contributed by atoms with Gasteiger partial charge >= 0.3 is 0 Å². The summed E-state index contributed by atoms with van der Waals surface area (Å²) in [6.07, 6.45) is 3.46. The number of likely N-dealkylation sites (tertiary alicyclic amines) is 1. The zero-order valence-corrected chi connectivity index (χ0v) is 11.4. The molecule has 94 valence electrons. The van der Waals surface area contributed by atoms with Gasteiger partial charge in [-0.3, -0.25) is 4.79 Å². The molecular formula is C13H26N2O. The summed E-state index contributed by atoms with van der Waals surface area (Å²) >= 11 is 0. The van der Waals surface area contributed by atoms with E-state index in [0.29, 0.717) is 18.0 Å². The van der Waals surface area contributed by atoms with Crippen molar-refractivity contribution in [1.29, 1.82) is 0 Å². The summed E-state index contributed by atoms with van der Waals surface area (Å²) in [5.74, 6) is 0.289. The van der Waals surface area contributed by atoms with Crippen LogP contribution in [0.15, 0.2) is 0 Å². The molecule has 1 rings (SSSR count). The zero-order chi connectivity index (χ0) is 12.3. The Kier molecular flexibility index (Phi) is 4.36. The fraction of sp³-hybridized carbons (Fsp3) is 0.923. The molecule has 1 amide bonds. The smallest absolute Gasteiger partial charge is 0.236 e. The van der Waals surface area contributed by atoms with Crippen LogP contribution in [0.5, 0.6) is 0 Å². The Bertz CT molecular complexity index is 243. The van der Waals surface area contributed by atoms with E-state index in [-0.39, 0.29) is 5.91 Å². The van der Waals surface area contributed by atoms with Gasteiger partial charge in [0.25, 0.3) is 0 Å². The number of rotatable bonds is 3. The Balaban J connectivity index is 2.55. The monoisotopic (exact) mass is 226 g/mol. The van der Waals surface area contributed by atoms with Gasteiger partial charge in [0, 0.05) is 12.6 Å². The highest BCUT2D eigenvalue weighted by Crippen LogP contribution is 2.29. The van der Waals surface area contributed by atoms with Crippen LogP contribution in [0.1, 0.15) is 40.0 Å². The first-order chi connectivity index (χ1) is 7.29. The molecule has 3 nitrogen and oxygen atoms in total. The summed E-state index contributed by atoms with van der Waals surface area (Å²) in [6, 6.07) is 0.465. The summed E-state index contributed by atoms with van der Waals surface area (Å²) in [5, 5.41) is 0. The fourth-order valence-electron chi connectivity index (χ4n) is 2.44. The maximum atomic E-state index is 12.0. The molecule has 1 fully saturated rings. The minimum absolute atomic E-state index is 0.289. The predicted octanol–water partition coefficient (Wildman–Crippen LogP) is 1.98. The first-order valence-corrected chi connectivity index (χ1v) is 6.24. The second kappa shape index (κ2) is 5.17. The van der Waals surface area contributed by atoms with Crippen molar-refractivity contribution in [2.75, 3.05) is 27.2 Å². The fourth-order valence-corrected chi connectivity index (χ4v) is 2.44. The molecule has 1 aliphatic heterocycles. The van der Waals surface area contributed by atoms with Gasteiger partial charge in [0.15, 0.2) is 0 Å². The average molecular weight is 226 g/mol. The molecule has 1 aliphatic rings. The van der Waals surface area contributed by atoms with Crippen LogP contribution >= 0.6 is 0 Å². The third kappa shape index (κ3) is 4.12. The molecule has 0 N–H and O–H groups in total. The molecule has 3 heteroatoms. The molecular weight excluding hydrogens is 200 g/mol. The van der Waals surface area contributed by atoms with Gasteiger partial charge in [-0.15, -0.1) is 0 Å². The largest absolute Gasteiger partial charge is 0.339 e. The number of carbonyl (C=O) groups excluding carboxylic acids is 1. The van der Waals surface area contributed by atoms with Gasteiger partial charge in [-0.1, -0.05) is 20.8 Å². The van der Waals surface area contributed by atoms with E-state index in [1.807, 2.05) is 19.0 Å². The van der Waals surface area contributed by atoms with Gasteiger partial charge < -0.3 is 9.80 Å². The van der Waals surface area contributed by atoms with Crippen molar-refractivity contribution in [3.8, 4) is 0 Å². The van der Waals surface area contributed by atoms with Gasteiger partial charge in [0.05, 0.1) is 6.54 Å². The van der Waals surface area contributed by atoms with E-state index < -0.39 is 0 Å². The molecule has 0 saturated carbocycles. The normalized spacial score (nSPS) is 21.9. The van der Waals surface area contributed by atoms with E-state index in [2.05, 4.69) is 25.7 Å². The minimum Gasteiger partial charge on any atom is -0.339 e. The lowest BCUT2D eigenvalue weighted by atomic mass is 9.87. The lowest BCUT2D eigenvalue weighted by molar-refractivity contribution is -0.133. The molecule has 0 bridgehead atoms. The van der Waals surface area contributed by atoms with Crippen molar-refractivity contribution in [1.82, 2.24) is 9.80 Å². The van der Waals surface area contributed by atoms with Crippen LogP contribution < -0.4 is 0 Å². The molecule has 16 heavy (non-hydrogen) atoms. The molecule has 0 radical (unpaired) electrons. The van der Waals surface area contributed by atoms with Gasteiger partial charge in [0.2, 0.25) is 5.91 Å². The van der Waals surface area contributed by atoms with E-state index in [0.717, 1.165) is 13.0 Å².